The normalized spacial score (nSPS) is 15.7. The van der Waals surface area contributed by atoms with E-state index in [0.717, 1.165) is 18.0 Å². The number of fused-ring (bicyclic) bond motifs is 1. The molecule has 0 radical (unpaired) electrons. The first-order valence-electron chi connectivity index (χ1n) is 9.23. The molecule has 0 bridgehead atoms. The average molecular weight is 404 g/mol. The summed E-state index contributed by atoms with van der Waals surface area (Å²) in [4.78, 5) is 14.5. The Morgan fingerprint density at radius 2 is 1.90 bits per heavy atom. The number of halogens is 3. The minimum atomic E-state index is -4.47. The zero-order valence-corrected chi connectivity index (χ0v) is 15.6. The molecule has 152 valence electrons. The molecule has 0 unspecified atom stereocenters. The zero-order valence-electron chi connectivity index (χ0n) is 15.6. The second kappa shape index (κ2) is 7.34. The lowest BCUT2D eigenvalue weighted by Crippen LogP contribution is -2.45. The number of amides is 1. The van der Waals surface area contributed by atoms with E-state index < -0.39 is 17.6 Å². The minimum Gasteiger partial charge on any atom is -0.355 e. The highest BCUT2D eigenvalue weighted by molar-refractivity contribution is 5.94. The second-order valence-corrected chi connectivity index (χ2v) is 7.02. The maximum Gasteiger partial charge on any atom is 0.416 e. The van der Waals surface area contributed by atoms with Crippen molar-refractivity contribution in [2.45, 2.75) is 32.0 Å². The number of aromatic nitrogens is 4. The second-order valence-electron chi connectivity index (χ2n) is 7.02. The first-order chi connectivity index (χ1) is 13.8. The van der Waals surface area contributed by atoms with Crippen LogP contribution in [0.5, 0.6) is 0 Å². The highest BCUT2D eigenvalue weighted by Gasteiger charge is 2.31. The Morgan fingerprint density at radius 1 is 1.14 bits per heavy atom. The van der Waals surface area contributed by atoms with E-state index in [1.165, 1.54) is 12.1 Å². The monoisotopic (exact) mass is 404 g/mol. The Hall–Kier alpha value is -3.17. The molecule has 7 nitrogen and oxygen atoms in total. The van der Waals surface area contributed by atoms with E-state index in [9.17, 15) is 18.0 Å². The molecule has 1 N–H and O–H groups in total. The van der Waals surface area contributed by atoms with Crippen LogP contribution in [-0.2, 0) is 6.18 Å². The van der Waals surface area contributed by atoms with Crippen molar-refractivity contribution >= 4 is 17.4 Å². The first kappa shape index (κ1) is 19.2. The fraction of sp³-hybridized carbons (Fsp3) is 0.368. The van der Waals surface area contributed by atoms with E-state index in [0.29, 0.717) is 37.4 Å². The number of hydrogen-bond donors (Lipinski definition) is 1. The molecule has 1 saturated heterocycles. The number of alkyl halides is 3. The molecule has 2 aromatic heterocycles. The van der Waals surface area contributed by atoms with Crippen molar-refractivity contribution in [1.29, 1.82) is 0 Å². The summed E-state index contributed by atoms with van der Waals surface area (Å²) in [5, 5.41) is 15.4. The van der Waals surface area contributed by atoms with Gasteiger partial charge in [-0.25, -0.2) is 0 Å². The molecule has 1 aliphatic heterocycles. The Morgan fingerprint density at radius 3 is 2.62 bits per heavy atom. The van der Waals surface area contributed by atoms with Gasteiger partial charge < -0.3 is 10.2 Å². The highest BCUT2D eigenvalue weighted by Crippen LogP contribution is 2.29. The lowest BCUT2D eigenvalue weighted by molar-refractivity contribution is -0.137. The molecular formula is C19H19F3N6O. The topological polar surface area (TPSA) is 75.4 Å². The number of rotatable bonds is 3. The Kier molecular flexibility index (Phi) is 4.85. The number of hydrogen-bond acceptors (Lipinski definition) is 5. The van der Waals surface area contributed by atoms with Crippen LogP contribution in [0.3, 0.4) is 0 Å². The third kappa shape index (κ3) is 4.01. The SMILES string of the molecule is Cc1nnc2ccc(N3CCC(NC(=O)c4cccc(C(F)(F)F)c4)CC3)nn12. The molecule has 1 fully saturated rings. The molecule has 1 amide bonds. The van der Waals surface area contributed by atoms with Crippen molar-refractivity contribution in [1.82, 2.24) is 25.1 Å². The number of carbonyl (C=O) groups excluding carboxylic acids is 1. The van der Waals surface area contributed by atoms with Gasteiger partial charge in [0.2, 0.25) is 0 Å². The van der Waals surface area contributed by atoms with E-state index in [1.807, 2.05) is 19.1 Å². The van der Waals surface area contributed by atoms with E-state index in [1.54, 1.807) is 4.52 Å². The number of benzene rings is 1. The van der Waals surface area contributed by atoms with Gasteiger partial charge in [-0.3, -0.25) is 4.79 Å². The number of aryl methyl sites for hydroxylation is 1. The van der Waals surface area contributed by atoms with Crippen molar-refractivity contribution in [2.24, 2.45) is 0 Å². The van der Waals surface area contributed by atoms with E-state index in [4.69, 9.17) is 0 Å². The van der Waals surface area contributed by atoms with Crippen LogP contribution in [0, 0.1) is 6.92 Å². The first-order valence-corrected chi connectivity index (χ1v) is 9.23. The van der Waals surface area contributed by atoms with Gasteiger partial charge in [0.1, 0.15) is 5.82 Å². The zero-order chi connectivity index (χ0) is 20.6. The van der Waals surface area contributed by atoms with Crippen LogP contribution in [0.4, 0.5) is 19.0 Å². The molecule has 1 aromatic carbocycles. The van der Waals surface area contributed by atoms with Crippen LogP contribution < -0.4 is 10.2 Å². The van der Waals surface area contributed by atoms with Gasteiger partial charge in [-0.1, -0.05) is 6.07 Å². The highest BCUT2D eigenvalue weighted by atomic mass is 19.4. The predicted molar refractivity (Wildman–Crippen MR) is 99.7 cm³/mol. The number of carbonyl (C=O) groups is 1. The van der Waals surface area contributed by atoms with E-state index >= 15 is 0 Å². The largest absolute Gasteiger partial charge is 0.416 e. The van der Waals surface area contributed by atoms with Crippen molar-refractivity contribution in [3.8, 4) is 0 Å². The van der Waals surface area contributed by atoms with Crippen molar-refractivity contribution in [2.75, 3.05) is 18.0 Å². The van der Waals surface area contributed by atoms with Gasteiger partial charge in [0.05, 0.1) is 5.56 Å². The molecule has 3 heterocycles. The van der Waals surface area contributed by atoms with Gasteiger partial charge in [0, 0.05) is 24.7 Å². The molecule has 0 atom stereocenters. The summed E-state index contributed by atoms with van der Waals surface area (Å²) in [6.07, 6.45) is -3.13. The predicted octanol–water partition coefficient (Wildman–Crippen LogP) is 2.85. The number of nitrogens with zero attached hydrogens (tertiary/aromatic N) is 5. The van der Waals surface area contributed by atoms with Crippen molar-refractivity contribution in [3.05, 3.63) is 53.3 Å². The van der Waals surface area contributed by atoms with Crippen LogP contribution in [0.1, 0.15) is 34.6 Å². The van der Waals surface area contributed by atoms with E-state index in [-0.39, 0.29) is 11.6 Å². The van der Waals surface area contributed by atoms with Gasteiger partial charge >= 0.3 is 6.18 Å². The van der Waals surface area contributed by atoms with Gasteiger partial charge in [-0.15, -0.1) is 15.3 Å². The molecule has 0 saturated carbocycles. The smallest absolute Gasteiger partial charge is 0.355 e. The molecule has 3 aromatic rings. The molecular weight excluding hydrogens is 385 g/mol. The van der Waals surface area contributed by atoms with Crippen molar-refractivity contribution < 1.29 is 18.0 Å². The lowest BCUT2D eigenvalue weighted by Gasteiger charge is -2.33. The van der Waals surface area contributed by atoms with Gasteiger partial charge in [0.15, 0.2) is 11.5 Å². The quantitative estimate of drug-likeness (QED) is 0.727. The fourth-order valence-electron chi connectivity index (χ4n) is 3.41. The summed E-state index contributed by atoms with van der Waals surface area (Å²) < 4.78 is 40.2. The van der Waals surface area contributed by atoms with Crippen LogP contribution in [0.25, 0.3) is 5.65 Å². The van der Waals surface area contributed by atoms with Crippen LogP contribution in [0.2, 0.25) is 0 Å². The molecule has 4 rings (SSSR count). The molecule has 10 heteroatoms. The Bertz CT molecular complexity index is 1040. The molecule has 0 spiro atoms. The van der Waals surface area contributed by atoms with Crippen molar-refractivity contribution in [3.63, 3.8) is 0 Å². The summed E-state index contributed by atoms with van der Waals surface area (Å²) in [7, 11) is 0. The van der Waals surface area contributed by atoms with E-state index in [2.05, 4.69) is 25.5 Å². The average Bonchev–Trinajstić information content (AvgIpc) is 3.08. The third-order valence-electron chi connectivity index (χ3n) is 5.01. The Labute approximate surface area is 164 Å². The standard InChI is InChI=1S/C19H19F3N6O/c1-12-24-25-16-5-6-17(26-28(12)16)27-9-7-15(8-10-27)23-18(29)13-3-2-4-14(11-13)19(20,21)22/h2-6,11,15H,7-10H2,1H3,(H,23,29). The number of nitrogens with one attached hydrogen (secondary N) is 1. The maximum atomic E-state index is 12.8. The van der Waals surface area contributed by atoms with Crippen LogP contribution >= 0.6 is 0 Å². The summed E-state index contributed by atoms with van der Waals surface area (Å²) in [6.45, 7) is 3.17. The van der Waals surface area contributed by atoms with Crippen LogP contribution in [-0.4, -0.2) is 44.8 Å². The summed E-state index contributed by atoms with van der Waals surface area (Å²) in [5.74, 6) is 1.00. The summed E-state index contributed by atoms with van der Waals surface area (Å²) in [6, 6.07) is 8.10. The third-order valence-corrected chi connectivity index (χ3v) is 5.01. The Balaban J connectivity index is 1.38. The van der Waals surface area contributed by atoms with Gasteiger partial charge in [-0.05, 0) is 50.1 Å². The maximum absolute atomic E-state index is 12.8. The molecule has 0 aliphatic carbocycles. The van der Waals surface area contributed by atoms with Gasteiger partial charge in [-0.2, -0.15) is 17.7 Å². The molecule has 29 heavy (non-hydrogen) atoms. The minimum absolute atomic E-state index is 0.0115. The fourth-order valence-corrected chi connectivity index (χ4v) is 3.41. The molecule has 1 aliphatic rings. The summed E-state index contributed by atoms with van der Waals surface area (Å²) >= 11 is 0. The van der Waals surface area contributed by atoms with Gasteiger partial charge in [0.25, 0.3) is 5.91 Å². The summed E-state index contributed by atoms with van der Waals surface area (Å²) in [5.41, 5.74) is -0.141. The number of anilines is 1. The number of piperidine rings is 1. The van der Waals surface area contributed by atoms with Crippen LogP contribution in [0.15, 0.2) is 36.4 Å². The lowest BCUT2D eigenvalue weighted by atomic mass is 10.0.